The van der Waals surface area contributed by atoms with Gasteiger partial charge in [-0.3, -0.25) is 14.4 Å². The molecule has 7 nitrogen and oxygen atoms in total. The molecule has 3 amide bonds. The van der Waals surface area contributed by atoms with Crippen LogP contribution in [0.15, 0.2) is 0 Å². The van der Waals surface area contributed by atoms with Crippen LogP contribution in [0.25, 0.3) is 0 Å². The normalized spacial score (nSPS) is 33.1. The minimum Gasteiger partial charge on any atom is -0.394 e. The molecule has 3 fully saturated rings. The zero-order chi connectivity index (χ0) is 22.1. The third kappa shape index (κ3) is 3.85. The van der Waals surface area contributed by atoms with Crippen LogP contribution in [0.2, 0.25) is 0 Å². The number of aliphatic hydroxyl groups excluding tert-OH is 1. The molecule has 3 aliphatic heterocycles. The lowest BCUT2D eigenvalue weighted by atomic mass is 9.71. The lowest BCUT2D eigenvalue weighted by Gasteiger charge is -2.37. The SMILES string of the molecule is CCCCCNC(=O)C1N([C@@H](CO)CC(C)C)C(=O)[C@@H]2[C@H](C(=O)NC)[C@@H]3CCC12S3. The Morgan fingerprint density at radius 3 is 2.63 bits per heavy atom. The van der Waals surface area contributed by atoms with Crippen LogP contribution in [0.3, 0.4) is 0 Å². The maximum absolute atomic E-state index is 13.7. The Morgan fingerprint density at radius 2 is 2.03 bits per heavy atom. The Hall–Kier alpha value is -1.28. The van der Waals surface area contributed by atoms with Crippen molar-refractivity contribution in [3.05, 3.63) is 0 Å². The number of hydrogen-bond acceptors (Lipinski definition) is 5. The molecule has 3 rings (SSSR count). The summed E-state index contributed by atoms with van der Waals surface area (Å²) in [6.45, 7) is 6.64. The number of unbranched alkanes of at least 4 members (excludes halogenated alkanes) is 2. The Kier molecular flexibility index (Phi) is 7.38. The summed E-state index contributed by atoms with van der Waals surface area (Å²) < 4.78 is -0.571. The summed E-state index contributed by atoms with van der Waals surface area (Å²) in [6.07, 6.45) is 5.25. The largest absolute Gasteiger partial charge is 0.394 e. The van der Waals surface area contributed by atoms with Gasteiger partial charge < -0.3 is 20.6 Å². The van der Waals surface area contributed by atoms with Crippen molar-refractivity contribution in [2.24, 2.45) is 17.8 Å². The van der Waals surface area contributed by atoms with E-state index in [4.69, 9.17) is 0 Å². The second-order valence-corrected chi connectivity index (χ2v) is 11.0. The van der Waals surface area contributed by atoms with Gasteiger partial charge in [0.25, 0.3) is 0 Å². The van der Waals surface area contributed by atoms with Gasteiger partial charge in [0.2, 0.25) is 17.7 Å². The van der Waals surface area contributed by atoms with Gasteiger partial charge in [-0.2, -0.15) is 0 Å². The summed E-state index contributed by atoms with van der Waals surface area (Å²) in [5.41, 5.74) is 0. The first-order chi connectivity index (χ1) is 14.3. The maximum atomic E-state index is 13.7. The van der Waals surface area contributed by atoms with Crippen LogP contribution >= 0.6 is 11.8 Å². The van der Waals surface area contributed by atoms with Crippen LogP contribution in [0, 0.1) is 17.8 Å². The molecule has 3 saturated heterocycles. The van der Waals surface area contributed by atoms with Crippen molar-refractivity contribution in [3.8, 4) is 0 Å². The second kappa shape index (κ2) is 9.47. The van der Waals surface area contributed by atoms with Crippen molar-refractivity contribution in [2.75, 3.05) is 20.2 Å². The number of amides is 3. The zero-order valence-electron chi connectivity index (χ0n) is 18.6. The monoisotopic (exact) mass is 439 g/mol. The molecule has 2 bridgehead atoms. The van der Waals surface area contributed by atoms with E-state index in [-0.39, 0.29) is 35.5 Å². The van der Waals surface area contributed by atoms with Crippen LogP contribution in [0.1, 0.15) is 59.3 Å². The Balaban J connectivity index is 1.95. The molecular weight excluding hydrogens is 402 g/mol. The Labute approximate surface area is 184 Å². The third-order valence-corrected chi connectivity index (χ3v) is 8.91. The number of rotatable bonds is 10. The quantitative estimate of drug-likeness (QED) is 0.449. The van der Waals surface area contributed by atoms with Gasteiger partial charge in [0.15, 0.2) is 0 Å². The lowest BCUT2D eigenvalue weighted by Crippen LogP contribution is -2.56. The van der Waals surface area contributed by atoms with Crippen molar-refractivity contribution in [3.63, 3.8) is 0 Å². The molecule has 0 saturated carbocycles. The predicted octanol–water partition coefficient (Wildman–Crippen LogP) is 1.54. The van der Waals surface area contributed by atoms with Gasteiger partial charge >= 0.3 is 0 Å². The van der Waals surface area contributed by atoms with E-state index in [0.717, 1.165) is 32.1 Å². The highest BCUT2D eigenvalue weighted by molar-refractivity contribution is 8.02. The number of fused-ring (bicyclic) bond motifs is 1. The average molecular weight is 440 g/mol. The summed E-state index contributed by atoms with van der Waals surface area (Å²) in [5, 5.41) is 16.0. The van der Waals surface area contributed by atoms with Crippen molar-refractivity contribution < 1.29 is 19.5 Å². The summed E-state index contributed by atoms with van der Waals surface area (Å²) in [5.74, 6) is -0.990. The second-order valence-electron chi connectivity index (χ2n) is 9.38. The number of carbonyl (C=O) groups is 3. The Morgan fingerprint density at radius 1 is 1.30 bits per heavy atom. The van der Waals surface area contributed by atoms with E-state index in [9.17, 15) is 19.5 Å². The predicted molar refractivity (Wildman–Crippen MR) is 118 cm³/mol. The Bertz CT molecular complexity index is 673. The first kappa shape index (κ1) is 23.4. The van der Waals surface area contributed by atoms with E-state index < -0.39 is 28.7 Å². The number of hydrogen-bond donors (Lipinski definition) is 3. The number of nitrogens with zero attached hydrogens (tertiary/aromatic N) is 1. The van der Waals surface area contributed by atoms with Crippen LogP contribution < -0.4 is 10.6 Å². The molecule has 2 unspecified atom stereocenters. The fraction of sp³-hybridized carbons (Fsp3) is 0.864. The molecule has 1 spiro atoms. The highest BCUT2D eigenvalue weighted by Crippen LogP contribution is 2.66. The van der Waals surface area contributed by atoms with E-state index in [1.165, 1.54) is 0 Å². The summed E-state index contributed by atoms with van der Waals surface area (Å²) in [6, 6.07) is -1.04. The van der Waals surface area contributed by atoms with Crippen molar-refractivity contribution in [1.29, 1.82) is 0 Å². The molecule has 6 atom stereocenters. The van der Waals surface area contributed by atoms with Crippen LogP contribution in [0.4, 0.5) is 0 Å². The summed E-state index contributed by atoms with van der Waals surface area (Å²) in [4.78, 5) is 41.5. The number of likely N-dealkylation sites (tertiary alicyclic amines) is 1. The molecule has 3 aliphatic rings. The van der Waals surface area contributed by atoms with Crippen molar-refractivity contribution in [2.45, 2.75) is 81.4 Å². The topological polar surface area (TPSA) is 98.7 Å². The number of aliphatic hydroxyl groups is 1. The minimum absolute atomic E-state index is 0.0779. The lowest BCUT2D eigenvalue weighted by molar-refractivity contribution is -0.143. The fourth-order valence-corrected chi connectivity index (χ4v) is 7.96. The van der Waals surface area contributed by atoms with E-state index in [0.29, 0.717) is 13.0 Å². The number of nitrogens with one attached hydrogen (secondary N) is 2. The first-order valence-electron chi connectivity index (χ1n) is 11.4. The molecule has 0 radical (unpaired) electrons. The molecule has 3 heterocycles. The molecule has 0 aliphatic carbocycles. The van der Waals surface area contributed by atoms with E-state index >= 15 is 0 Å². The average Bonchev–Trinajstić information content (AvgIpc) is 3.36. The van der Waals surface area contributed by atoms with Gasteiger partial charge in [0.1, 0.15) is 6.04 Å². The van der Waals surface area contributed by atoms with Crippen molar-refractivity contribution >= 4 is 29.5 Å². The van der Waals surface area contributed by atoms with Crippen LogP contribution in [-0.4, -0.2) is 70.0 Å². The smallest absolute Gasteiger partial charge is 0.244 e. The zero-order valence-corrected chi connectivity index (χ0v) is 19.5. The standard InChI is InChI=1S/C22H37N3O4S/c1-5-6-7-10-24-20(28)18-22-9-8-15(30-22)16(19(27)23-4)17(22)21(29)25(18)14(12-26)11-13(2)3/h13-18,26H,5-12H2,1-4H3,(H,23,27)(H,24,28)/t14-,15+,16-,17+,18?,22?/m1/s1. The first-order valence-corrected chi connectivity index (χ1v) is 12.3. The third-order valence-electron chi connectivity index (χ3n) is 6.96. The van der Waals surface area contributed by atoms with Crippen LogP contribution in [-0.2, 0) is 14.4 Å². The molecule has 170 valence electrons. The van der Waals surface area contributed by atoms with E-state index in [1.54, 1.807) is 23.7 Å². The summed E-state index contributed by atoms with van der Waals surface area (Å²) >= 11 is 1.67. The van der Waals surface area contributed by atoms with Gasteiger partial charge in [0, 0.05) is 18.8 Å². The van der Waals surface area contributed by atoms with Gasteiger partial charge in [-0.15, -0.1) is 11.8 Å². The highest BCUT2D eigenvalue weighted by Gasteiger charge is 2.74. The number of thioether (sulfide) groups is 1. The van der Waals surface area contributed by atoms with Crippen LogP contribution in [0.5, 0.6) is 0 Å². The van der Waals surface area contributed by atoms with Gasteiger partial charge in [-0.1, -0.05) is 33.6 Å². The molecule has 30 heavy (non-hydrogen) atoms. The maximum Gasteiger partial charge on any atom is 0.244 e. The molecule has 3 N–H and O–H groups in total. The highest BCUT2D eigenvalue weighted by atomic mass is 32.2. The van der Waals surface area contributed by atoms with Gasteiger partial charge in [0.05, 0.1) is 29.2 Å². The van der Waals surface area contributed by atoms with Gasteiger partial charge in [-0.05, 0) is 31.6 Å². The number of carbonyl (C=O) groups excluding carboxylic acids is 3. The van der Waals surface area contributed by atoms with E-state index in [1.807, 2.05) is 0 Å². The molecule has 0 aromatic heterocycles. The molecule has 0 aromatic rings. The molecular formula is C22H37N3O4S. The van der Waals surface area contributed by atoms with Crippen molar-refractivity contribution in [1.82, 2.24) is 15.5 Å². The minimum atomic E-state index is -0.628. The molecule has 0 aromatic carbocycles. The fourth-order valence-electron chi connectivity index (χ4n) is 5.75. The summed E-state index contributed by atoms with van der Waals surface area (Å²) in [7, 11) is 1.61. The molecule has 8 heteroatoms. The van der Waals surface area contributed by atoms with E-state index in [2.05, 4.69) is 31.4 Å². The van der Waals surface area contributed by atoms with Gasteiger partial charge in [-0.25, -0.2) is 0 Å².